The number of hydrogen-bond donors (Lipinski definition) is 0. The second-order valence-corrected chi connectivity index (χ2v) is 23.2. The third-order valence-corrected chi connectivity index (χ3v) is 17.5. The van der Waals surface area contributed by atoms with Crippen LogP contribution in [0.3, 0.4) is 0 Å². The molecule has 6 heteroatoms. The fourth-order valence-corrected chi connectivity index (χ4v) is 13.8. The van der Waals surface area contributed by atoms with E-state index in [9.17, 15) is 19.2 Å². The normalized spacial score (nSPS) is 13.1. The summed E-state index contributed by atoms with van der Waals surface area (Å²) < 4.78 is 0. The van der Waals surface area contributed by atoms with Crippen molar-refractivity contribution in [2.45, 2.75) is 79.1 Å². The van der Waals surface area contributed by atoms with Gasteiger partial charge in [-0.3, -0.25) is 19.2 Å². The summed E-state index contributed by atoms with van der Waals surface area (Å²) in [5, 5.41) is 16.7. The molecule has 13 aromatic carbocycles. The van der Waals surface area contributed by atoms with Crippen LogP contribution >= 0.6 is 0 Å². The van der Waals surface area contributed by atoms with Gasteiger partial charge in [-0.2, -0.15) is 0 Å². The van der Waals surface area contributed by atoms with Crippen LogP contribution in [0.5, 0.6) is 0 Å². The third-order valence-electron chi connectivity index (χ3n) is 17.5. The molecule has 1 heterocycles. The van der Waals surface area contributed by atoms with Gasteiger partial charge in [0.05, 0.1) is 11.4 Å². The van der Waals surface area contributed by atoms with Crippen molar-refractivity contribution in [2.75, 3.05) is 9.80 Å². The van der Waals surface area contributed by atoms with Gasteiger partial charge >= 0.3 is 0 Å². The predicted molar refractivity (Wildman–Crippen MR) is 333 cm³/mol. The number of hydrogen-bond acceptors (Lipinski definition) is 4. The van der Waals surface area contributed by atoms with Crippen LogP contribution in [-0.2, 0) is 4.79 Å². The van der Waals surface area contributed by atoms with Crippen molar-refractivity contribution in [1.82, 2.24) is 0 Å². The van der Waals surface area contributed by atoms with Crippen molar-refractivity contribution in [2.24, 2.45) is 0 Å². The molecule has 1 aliphatic rings. The summed E-state index contributed by atoms with van der Waals surface area (Å²) in [6, 6.07) is 61.2. The number of fused-ring (bicyclic) bond motifs is 4. The summed E-state index contributed by atoms with van der Waals surface area (Å²) in [4.78, 5) is 60.4. The molecule has 0 saturated heterocycles. The third kappa shape index (κ3) is 6.90. The minimum atomic E-state index is -0.339. The molecular weight excluding hydrogens is 981 g/mol. The largest absolute Gasteiger partial charge is 0.278 e. The zero-order valence-corrected chi connectivity index (χ0v) is 46.2. The SMILES string of the molecule is CC(C)c1cccc(C(C)C)c1N(C=O)C(=O)c1ccc2c3cccc4c(-c5ccc(-c6ccc7c8ccc9c%10c(ccc(c%11cccc6c%117)c%108)C(=O)N(c6c(C(C)C)cccc6C(C)C)C9=O)cc5)ccc(c5cccc1c25)c43. The van der Waals surface area contributed by atoms with Crippen molar-refractivity contribution in [3.05, 3.63) is 215 Å². The molecule has 4 amide bonds. The Labute approximate surface area is 464 Å². The van der Waals surface area contributed by atoms with Gasteiger partial charge in [-0.1, -0.05) is 213 Å². The number of anilines is 2. The van der Waals surface area contributed by atoms with E-state index < -0.39 is 0 Å². The van der Waals surface area contributed by atoms with Gasteiger partial charge in [0.1, 0.15) is 0 Å². The highest BCUT2D eigenvalue weighted by molar-refractivity contribution is 6.43. The van der Waals surface area contributed by atoms with Gasteiger partial charge in [-0.25, -0.2) is 9.80 Å². The summed E-state index contributed by atoms with van der Waals surface area (Å²) in [5.74, 6) is -0.460. The van der Waals surface area contributed by atoms with E-state index in [0.29, 0.717) is 34.5 Å². The lowest BCUT2D eigenvalue weighted by atomic mass is 9.83. The maximum atomic E-state index is 14.9. The molecule has 13 aromatic rings. The lowest BCUT2D eigenvalue weighted by molar-refractivity contribution is -0.107. The van der Waals surface area contributed by atoms with E-state index in [1.54, 1.807) is 0 Å². The first-order valence-corrected chi connectivity index (χ1v) is 28.1. The Hall–Kier alpha value is -9.26. The van der Waals surface area contributed by atoms with E-state index in [2.05, 4.69) is 165 Å². The summed E-state index contributed by atoms with van der Waals surface area (Å²) in [6.45, 7) is 16.8. The van der Waals surface area contributed by atoms with Crippen LogP contribution in [0.4, 0.5) is 11.4 Å². The van der Waals surface area contributed by atoms with Gasteiger partial charge in [0.2, 0.25) is 6.41 Å². The second kappa shape index (κ2) is 18.2. The van der Waals surface area contributed by atoms with Gasteiger partial charge in [0.15, 0.2) is 0 Å². The van der Waals surface area contributed by atoms with Crippen molar-refractivity contribution >= 4 is 122 Å². The Kier molecular flexibility index (Phi) is 11.1. The average Bonchev–Trinajstić information content (AvgIpc) is 2.38. The summed E-state index contributed by atoms with van der Waals surface area (Å²) in [7, 11) is 0. The van der Waals surface area contributed by atoms with Crippen molar-refractivity contribution in [1.29, 1.82) is 0 Å². The number of carbonyl (C=O) groups excluding carboxylic acids is 4. The zero-order chi connectivity index (χ0) is 55.2. The Bertz CT molecular complexity index is 4670. The Morgan fingerprint density at radius 2 is 0.700 bits per heavy atom. The average molecular weight is 1040 g/mol. The van der Waals surface area contributed by atoms with Crippen LogP contribution < -0.4 is 9.80 Å². The number of nitrogens with zero attached hydrogens (tertiary/aromatic N) is 2. The molecule has 80 heavy (non-hydrogen) atoms. The predicted octanol–water partition coefficient (Wildman–Crippen LogP) is 19.2. The molecule has 0 atom stereocenters. The molecule has 1 aliphatic heterocycles. The summed E-state index contributed by atoms with van der Waals surface area (Å²) in [6.07, 6.45) is 0.686. The van der Waals surface area contributed by atoms with Gasteiger partial charge in [-0.15, -0.1) is 0 Å². The number of para-hydroxylation sites is 2. The van der Waals surface area contributed by atoms with E-state index in [0.717, 1.165) is 125 Å². The standard InChI is InChI=1S/C74H58N2O4/c1-39(2)45-14-9-15-46(40(3)4)70(45)75(38-77)72(78)62-35-32-58-53-20-11-18-51-49(28-30-57(65(51)53)54-21-13-23-56(62)67(54)58)43-24-26-44(27-25-43)50-29-31-59-61-34-37-64-69-63(36-33-60(68(61)69)55-22-12-19-52(50)66(55)59)73(79)76(74(64)80)71-47(41(5)6)16-10-17-48(71)42(7)8/h9-42H,1-8H3. The fourth-order valence-electron chi connectivity index (χ4n) is 13.8. The number of amides is 4. The van der Waals surface area contributed by atoms with Crippen molar-refractivity contribution in [3.8, 4) is 22.3 Å². The molecule has 0 unspecified atom stereocenters. The number of rotatable bonds is 10. The van der Waals surface area contributed by atoms with Crippen LogP contribution in [0.2, 0.25) is 0 Å². The molecule has 6 nitrogen and oxygen atoms in total. The van der Waals surface area contributed by atoms with Crippen LogP contribution in [0.25, 0.3) is 108 Å². The van der Waals surface area contributed by atoms with Crippen LogP contribution in [0, 0.1) is 0 Å². The maximum Gasteiger partial charge on any atom is 0.266 e. The first-order chi connectivity index (χ1) is 38.8. The van der Waals surface area contributed by atoms with Gasteiger partial charge in [0.25, 0.3) is 17.7 Å². The first kappa shape index (κ1) is 49.1. The van der Waals surface area contributed by atoms with E-state index in [1.165, 1.54) is 15.2 Å². The topological polar surface area (TPSA) is 74.8 Å². The lowest BCUT2D eigenvalue weighted by Gasteiger charge is -2.32. The highest BCUT2D eigenvalue weighted by Gasteiger charge is 2.38. The zero-order valence-electron chi connectivity index (χ0n) is 46.2. The van der Waals surface area contributed by atoms with E-state index in [-0.39, 0.29) is 41.4 Å². The van der Waals surface area contributed by atoms with Gasteiger partial charge in [0, 0.05) is 22.1 Å². The molecule has 14 rings (SSSR count). The van der Waals surface area contributed by atoms with Crippen molar-refractivity contribution < 1.29 is 19.2 Å². The Morgan fingerprint density at radius 1 is 0.362 bits per heavy atom. The van der Waals surface area contributed by atoms with Crippen LogP contribution in [-0.4, -0.2) is 24.1 Å². The molecular formula is C74H58N2O4. The second-order valence-electron chi connectivity index (χ2n) is 23.2. The van der Waals surface area contributed by atoms with Crippen LogP contribution in [0.1, 0.15) is 132 Å². The molecule has 0 radical (unpaired) electrons. The molecule has 0 bridgehead atoms. The highest BCUT2D eigenvalue weighted by Crippen LogP contribution is 2.49. The molecule has 0 aliphatic carbocycles. The van der Waals surface area contributed by atoms with E-state index >= 15 is 0 Å². The number of benzene rings is 13. The number of carbonyl (C=O) groups is 4. The quantitative estimate of drug-likeness (QED) is 0.0592. The Morgan fingerprint density at radius 3 is 1.12 bits per heavy atom. The summed E-state index contributed by atoms with van der Waals surface area (Å²) in [5.41, 5.74) is 11.3. The first-order valence-electron chi connectivity index (χ1n) is 28.1. The highest BCUT2D eigenvalue weighted by atomic mass is 16.2. The van der Waals surface area contributed by atoms with E-state index in [4.69, 9.17) is 0 Å². The summed E-state index contributed by atoms with van der Waals surface area (Å²) >= 11 is 0. The molecule has 0 fully saturated rings. The monoisotopic (exact) mass is 1040 g/mol. The molecule has 0 saturated carbocycles. The smallest absolute Gasteiger partial charge is 0.266 e. The molecule has 388 valence electrons. The minimum Gasteiger partial charge on any atom is -0.278 e. The molecule has 0 aromatic heterocycles. The fraction of sp³-hybridized carbons (Fsp3) is 0.162. The Balaban J connectivity index is 0.848. The van der Waals surface area contributed by atoms with Gasteiger partial charge in [-0.05, 0) is 167 Å². The lowest BCUT2D eigenvalue weighted by Crippen LogP contribution is -2.41. The van der Waals surface area contributed by atoms with Crippen molar-refractivity contribution in [3.63, 3.8) is 0 Å². The molecule has 0 spiro atoms. The number of imide groups is 2. The van der Waals surface area contributed by atoms with Crippen LogP contribution in [0.15, 0.2) is 176 Å². The minimum absolute atomic E-state index is 0.108. The van der Waals surface area contributed by atoms with E-state index in [1.807, 2.05) is 66.7 Å². The maximum absolute atomic E-state index is 14.9. The van der Waals surface area contributed by atoms with Gasteiger partial charge < -0.3 is 0 Å². The molecule has 0 N–H and O–H groups in total.